The van der Waals surface area contributed by atoms with Crippen LogP contribution in [-0.4, -0.2) is 0 Å². The normalized spacial score (nSPS) is 31.5. The fourth-order valence-corrected chi connectivity index (χ4v) is 2.05. The Morgan fingerprint density at radius 1 is 1.33 bits per heavy atom. The Morgan fingerprint density at radius 2 is 1.83 bits per heavy atom. The molecular formula is C12H20. The van der Waals surface area contributed by atoms with Gasteiger partial charge in [-0.1, -0.05) is 45.9 Å². The van der Waals surface area contributed by atoms with Gasteiger partial charge in [0, 0.05) is 5.41 Å². The van der Waals surface area contributed by atoms with Crippen LogP contribution in [0, 0.1) is 17.3 Å². The molecule has 0 amide bonds. The molecule has 0 aromatic heterocycles. The minimum atomic E-state index is 0.286. The van der Waals surface area contributed by atoms with Crippen molar-refractivity contribution in [2.75, 3.05) is 0 Å². The maximum absolute atomic E-state index is 4.09. The first-order chi connectivity index (χ1) is 5.40. The first-order valence-electron chi connectivity index (χ1n) is 4.78. The molecule has 0 saturated heterocycles. The minimum Gasteiger partial charge on any atom is -0.0949 e. The Labute approximate surface area is 76.4 Å². The molecule has 1 rings (SSSR count). The van der Waals surface area contributed by atoms with Crippen LogP contribution in [0.2, 0.25) is 0 Å². The summed E-state index contributed by atoms with van der Waals surface area (Å²) in [4.78, 5) is 0. The molecule has 1 aliphatic rings. The van der Waals surface area contributed by atoms with Crippen LogP contribution < -0.4 is 0 Å². The summed E-state index contributed by atoms with van der Waals surface area (Å²) in [5.74, 6) is 1.44. The van der Waals surface area contributed by atoms with E-state index in [0.29, 0.717) is 5.92 Å². The Hall–Kier alpha value is -0.520. The summed E-state index contributed by atoms with van der Waals surface area (Å²) in [7, 11) is 0. The predicted octanol–water partition coefficient (Wildman–Crippen LogP) is 3.80. The van der Waals surface area contributed by atoms with Gasteiger partial charge in [-0.3, -0.25) is 0 Å². The summed E-state index contributed by atoms with van der Waals surface area (Å²) < 4.78 is 0. The Balaban J connectivity index is 2.88. The monoisotopic (exact) mass is 164 g/mol. The number of hydrogen-bond acceptors (Lipinski definition) is 0. The van der Waals surface area contributed by atoms with Crippen LogP contribution in [0.1, 0.15) is 34.6 Å². The lowest BCUT2D eigenvalue weighted by molar-refractivity contribution is 0.227. The third-order valence-corrected chi connectivity index (χ3v) is 3.79. The highest BCUT2D eigenvalue weighted by atomic mass is 14.5. The molecule has 0 bridgehead atoms. The second-order valence-corrected chi connectivity index (χ2v) is 4.59. The Kier molecular flexibility index (Phi) is 2.20. The largest absolute Gasteiger partial charge is 0.0949 e. The number of rotatable bonds is 2. The lowest BCUT2D eigenvalue weighted by atomic mass is 9.58. The summed E-state index contributed by atoms with van der Waals surface area (Å²) in [6.45, 7) is 15.5. The molecule has 0 nitrogen and oxygen atoms in total. The van der Waals surface area contributed by atoms with Crippen LogP contribution >= 0.6 is 0 Å². The van der Waals surface area contributed by atoms with Crippen LogP contribution in [0.25, 0.3) is 0 Å². The molecular weight excluding hydrogens is 144 g/mol. The van der Waals surface area contributed by atoms with Crippen LogP contribution in [0.3, 0.4) is 0 Å². The van der Waals surface area contributed by atoms with E-state index < -0.39 is 0 Å². The first kappa shape index (κ1) is 9.57. The van der Waals surface area contributed by atoms with E-state index in [-0.39, 0.29) is 5.41 Å². The van der Waals surface area contributed by atoms with Crippen molar-refractivity contribution >= 4 is 0 Å². The quantitative estimate of drug-likeness (QED) is 0.582. The van der Waals surface area contributed by atoms with E-state index >= 15 is 0 Å². The van der Waals surface area contributed by atoms with Gasteiger partial charge >= 0.3 is 0 Å². The maximum atomic E-state index is 4.09. The van der Waals surface area contributed by atoms with Gasteiger partial charge < -0.3 is 0 Å². The third kappa shape index (κ3) is 1.05. The van der Waals surface area contributed by atoms with Gasteiger partial charge in [-0.2, -0.15) is 0 Å². The molecule has 0 radical (unpaired) electrons. The van der Waals surface area contributed by atoms with E-state index in [9.17, 15) is 0 Å². The fraction of sp³-hybridized carbons (Fsp3) is 0.667. The van der Waals surface area contributed by atoms with Crippen LogP contribution in [0.5, 0.6) is 0 Å². The van der Waals surface area contributed by atoms with Gasteiger partial charge in [0.15, 0.2) is 0 Å². The summed E-state index contributed by atoms with van der Waals surface area (Å²) in [5, 5.41) is 0. The molecule has 1 aliphatic carbocycles. The molecule has 2 unspecified atom stereocenters. The topological polar surface area (TPSA) is 0 Å². The predicted molar refractivity (Wildman–Crippen MR) is 55.0 cm³/mol. The van der Waals surface area contributed by atoms with Crippen molar-refractivity contribution in [1.82, 2.24) is 0 Å². The van der Waals surface area contributed by atoms with Crippen LogP contribution in [0.4, 0.5) is 0 Å². The molecule has 0 aliphatic heterocycles. The van der Waals surface area contributed by atoms with Gasteiger partial charge in [-0.25, -0.2) is 0 Å². The highest BCUT2D eigenvalue weighted by molar-refractivity contribution is 5.46. The van der Waals surface area contributed by atoms with Crippen molar-refractivity contribution < 1.29 is 0 Å². The highest BCUT2D eigenvalue weighted by Crippen LogP contribution is 2.51. The van der Waals surface area contributed by atoms with Gasteiger partial charge in [0.25, 0.3) is 0 Å². The molecule has 0 saturated carbocycles. The van der Waals surface area contributed by atoms with Crippen LogP contribution in [-0.2, 0) is 0 Å². The van der Waals surface area contributed by atoms with Crippen molar-refractivity contribution in [2.45, 2.75) is 34.6 Å². The molecule has 12 heavy (non-hydrogen) atoms. The Morgan fingerprint density at radius 3 is 2.00 bits per heavy atom. The zero-order valence-electron chi connectivity index (χ0n) is 8.94. The van der Waals surface area contributed by atoms with Gasteiger partial charge in [0.2, 0.25) is 0 Å². The standard InChI is InChI=1S/C12H20/c1-8(2)11(5)12(6)9(3)7-10(12)4/h7-8,11H,3H2,1-2,4-6H3. The van der Waals surface area contributed by atoms with Crippen LogP contribution in [0.15, 0.2) is 23.8 Å². The third-order valence-electron chi connectivity index (χ3n) is 3.79. The molecule has 0 spiro atoms. The van der Waals surface area contributed by atoms with E-state index in [4.69, 9.17) is 0 Å². The fourth-order valence-electron chi connectivity index (χ4n) is 2.05. The highest BCUT2D eigenvalue weighted by Gasteiger charge is 2.41. The van der Waals surface area contributed by atoms with Crippen molar-refractivity contribution in [3.8, 4) is 0 Å². The van der Waals surface area contributed by atoms with E-state index in [0.717, 1.165) is 5.92 Å². The molecule has 0 aromatic carbocycles. The molecule has 0 heteroatoms. The second-order valence-electron chi connectivity index (χ2n) is 4.59. The van der Waals surface area contributed by atoms with E-state index in [1.54, 1.807) is 0 Å². The molecule has 68 valence electrons. The smallest absolute Gasteiger partial charge is 0.0156 e. The molecule has 0 fully saturated rings. The van der Waals surface area contributed by atoms with Gasteiger partial charge in [0.1, 0.15) is 0 Å². The summed E-state index contributed by atoms with van der Waals surface area (Å²) in [5.41, 5.74) is 3.09. The zero-order valence-corrected chi connectivity index (χ0v) is 8.94. The number of hydrogen-bond donors (Lipinski definition) is 0. The average molecular weight is 164 g/mol. The lowest BCUT2D eigenvalue weighted by Crippen LogP contribution is -2.36. The second kappa shape index (κ2) is 2.76. The molecule has 0 aromatic rings. The van der Waals surface area contributed by atoms with Gasteiger partial charge in [0.05, 0.1) is 0 Å². The molecule has 0 N–H and O–H groups in total. The van der Waals surface area contributed by atoms with E-state index in [1.807, 2.05) is 0 Å². The lowest BCUT2D eigenvalue weighted by Gasteiger charge is -2.46. The summed E-state index contributed by atoms with van der Waals surface area (Å²) >= 11 is 0. The van der Waals surface area contributed by atoms with E-state index in [1.165, 1.54) is 11.1 Å². The van der Waals surface area contributed by atoms with E-state index in [2.05, 4.69) is 47.3 Å². The molecule has 2 atom stereocenters. The summed E-state index contributed by atoms with van der Waals surface area (Å²) in [6.07, 6.45) is 2.21. The Bertz CT molecular complexity index is 232. The minimum absolute atomic E-state index is 0.286. The SMILES string of the molecule is C=C1C=C(C)C1(C)C(C)C(C)C. The zero-order chi connectivity index (χ0) is 9.52. The van der Waals surface area contributed by atoms with Crippen molar-refractivity contribution in [1.29, 1.82) is 0 Å². The van der Waals surface area contributed by atoms with Gasteiger partial charge in [-0.15, -0.1) is 0 Å². The van der Waals surface area contributed by atoms with Crippen molar-refractivity contribution in [3.05, 3.63) is 23.8 Å². The van der Waals surface area contributed by atoms with Crippen molar-refractivity contribution in [2.24, 2.45) is 17.3 Å². The number of allylic oxidation sites excluding steroid dienone is 3. The average Bonchev–Trinajstić information content (AvgIpc) is 2.02. The maximum Gasteiger partial charge on any atom is 0.0156 e. The molecule has 0 heterocycles. The van der Waals surface area contributed by atoms with Gasteiger partial charge in [-0.05, 0) is 24.3 Å². The summed E-state index contributed by atoms with van der Waals surface area (Å²) in [6, 6.07) is 0. The first-order valence-corrected chi connectivity index (χ1v) is 4.78. The van der Waals surface area contributed by atoms with Crippen molar-refractivity contribution in [3.63, 3.8) is 0 Å².